The molecule has 2 nitrogen and oxygen atoms in total. The van der Waals surface area contributed by atoms with Crippen LogP contribution in [0.15, 0.2) is 29.2 Å². The molecule has 78 valence electrons. The quantitative estimate of drug-likeness (QED) is 0.579. The molecule has 0 atom stereocenters. The average molecular weight is 211 g/mol. The molecule has 14 heavy (non-hydrogen) atoms. The summed E-state index contributed by atoms with van der Waals surface area (Å²) in [6.07, 6.45) is 0. The summed E-state index contributed by atoms with van der Waals surface area (Å²) in [6.45, 7) is 5.31. The van der Waals surface area contributed by atoms with Crippen LogP contribution in [0.25, 0.3) is 0 Å². The molecule has 0 amide bonds. The Bertz CT molecular complexity index is 258. The van der Waals surface area contributed by atoms with Gasteiger partial charge in [0, 0.05) is 23.2 Å². The molecule has 2 N–H and O–H groups in total. The van der Waals surface area contributed by atoms with E-state index in [4.69, 9.17) is 5.11 Å². The largest absolute Gasteiger partial charge is 0.508 e. The molecule has 0 bridgehead atoms. The molecule has 0 fully saturated rings. The van der Waals surface area contributed by atoms with E-state index in [9.17, 15) is 0 Å². The van der Waals surface area contributed by atoms with E-state index in [1.165, 1.54) is 4.90 Å². The predicted octanol–water partition coefficient (Wildman–Crippen LogP) is 2.48. The number of hydrogen-bond donors (Lipinski definition) is 2. The lowest BCUT2D eigenvalue weighted by molar-refractivity contribution is 0.475. The molecule has 0 unspecified atom stereocenters. The molecule has 0 radical (unpaired) electrons. The maximum Gasteiger partial charge on any atom is 0.115 e. The van der Waals surface area contributed by atoms with Crippen LogP contribution < -0.4 is 5.32 Å². The Labute approximate surface area is 89.7 Å². The number of thioether (sulfide) groups is 1. The zero-order valence-corrected chi connectivity index (χ0v) is 9.47. The topological polar surface area (TPSA) is 32.3 Å². The van der Waals surface area contributed by atoms with E-state index in [0.717, 1.165) is 12.3 Å². The third-order valence-corrected chi connectivity index (χ3v) is 2.77. The number of hydrogen-bond acceptors (Lipinski definition) is 3. The summed E-state index contributed by atoms with van der Waals surface area (Å²) in [5.41, 5.74) is 0. The highest BCUT2D eigenvalue weighted by atomic mass is 32.2. The highest BCUT2D eigenvalue weighted by Gasteiger charge is 1.95. The molecule has 0 spiro atoms. The molecular formula is C11H17NOS. The summed E-state index contributed by atoms with van der Waals surface area (Å²) < 4.78 is 0. The molecule has 0 heterocycles. The Kier molecular flexibility index (Phi) is 4.84. The van der Waals surface area contributed by atoms with Crippen molar-refractivity contribution in [1.29, 1.82) is 0 Å². The van der Waals surface area contributed by atoms with Gasteiger partial charge in [-0.1, -0.05) is 13.8 Å². The molecule has 0 aliphatic carbocycles. The van der Waals surface area contributed by atoms with Gasteiger partial charge in [-0.3, -0.25) is 0 Å². The van der Waals surface area contributed by atoms with Crippen LogP contribution in [0.5, 0.6) is 5.75 Å². The van der Waals surface area contributed by atoms with E-state index in [-0.39, 0.29) is 0 Å². The van der Waals surface area contributed by atoms with E-state index >= 15 is 0 Å². The van der Waals surface area contributed by atoms with E-state index in [0.29, 0.717) is 11.8 Å². The number of phenolic OH excluding ortho intramolecular Hbond substituents is 1. The summed E-state index contributed by atoms with van der Waals surface area (Å²) in [6, 6.07) is 7.87. The van der Waals surface area contributed by atoms with Crippen LogP contribution in [0, 0.1) is 0 Å². The first-order valence-corrected chi connectivity index (χ1v) is 5.82. The van der Waals surface area contributed by atoms with Gasteiger partial charge >= 0.3 is 0 Å². The Morgan fingerprint density at radius 2 is 1.93 bits per heavy atom. The van der Waals surface area contributed by atoms with Gasteiger partial charge in [0.25, 0.3) is 0 Å². The number of nitrogens with one attached hydrogen (secondary N) is 1. The van der Waals surface area contributed by atoms with Crippen molar-refractivity contribution in [3.05, 3.63) is 24.3 Å². The summed E-state index contributed by atoms with van der Waals surface area (Å²) in [5, 5.41) is 12.4. The van der Waals surface area contributed by atoms with Gasteiger partial charge in [-0.05, 0) is 24.3 Å². The van der Waals surface area contributed by atoms with Gasteiger partial charge in [0.05, 0.1) is 0 Å². The first kappa shape index (κ1) is 11.4. The van der Waals surface area contributed by atoms with E-state index in [1.807, 2.05) is 12.1 Å². The second-order valence-corrected chi connectivity index (χ2v) is 4.62. The minimum absolute atomic E-state index is 0.328. The van der Waals surface area contributed by atoms with Crippen molar-refractivity contribution in [3.63, 3.8) is 0 Å². The summed E-state index contributed by atoms with van der Waals surface area (Å²) in [4.78, 5) is 1.20. The second kappa shape index (κ2) is 5.94. The first-order chi connectivity index (χ1) is 6.68. The SMILES string of the molecule is CC(C)NCCSc1ccc(O)cc1. The fourth-order valence-corrected chi connectivity index (χ4v) is 1.84. The zero-order valence-electron chi connectivity index (χ0n) is 8.66. The Balaban J connectivity index is 2.21. The van der Waals surface area contributed by atoms with Crippen LogP contribution in [-0.4, -0.2) is 23.4 Å². The maximum absolute atomic E-state index is 9.08. The monoisotopic (exact) mass is 211 g/mol. The summed E-state index contributed by atoms with van der Waals surface area (Å²) >= 11 is 1.80. The molecule has 0 saturated carbocycles. The van der Waals surface area contributed by atoms with E-state index < -0.39 is 0 Å². The van der Waals surface area contributed by atoms with Crippen LogP contribution in [-0.2, 0) is 0 Å². The van der Waals surface area contributed by atoms with Crippen LogP contribution in [0.3, 0.4) is 0 Å². The lowest BCUT2D eigenvalue weighted by atomic mass is 10.3. The highest BCUT2D eigenvalue weighted by molar-refractivity contribution is 7.99. The molecule has 0 aromatic heterocycles. The van der Waals surface area contributed by atoms with Crippen molar-refractivity contribution >= 4 is 11.8 Å². The van der Waals surface area contributed by atoms with Gasteiger partial charge in [0.1, 0.15) is 5.75 Å². The van der Waals surface area contributed by atoms with Crippen molar-refractivity contribution in [3.8, 4) is 5.75 Å². The van der Waals surface area contributed by atoms with E-state index in [2.05, 4.69) is 19.2 Å². The molecule has 1 aromatic carbocycles. The summed E-state index contributed by atoms with van der Waals surface area (Å²) in [5.74, 6) is 1.39. The van der Waals surface area contributed by atoms with Crippen molar-refractivity contribution in [2.24, 2.45) is 0 Å². The Hall–Kier alpha value is -0.670. The van der Waals surface area contributed by atoms with Gasteiger partial charge in [0.2, 0.25) is 0 Å². The minimum Gasteiger partial charge on any atom is -0.508 e. The maximum atomic E-state index is 9.08. The van der Waals surface area contributed by atoms with Crippen molar-refractivity contribution in [2.75, 3.05) is 12.3 Å². The Morgan fingerprint density at radius 1 is 1.29 bits per heavy atom. The standard InChI is InChI=1S/C11H17NOS/c1-9(2)12-7-8-14-11-5-3-10(13)4-6-11/h3-6,9,12-13H,7-8H2,1-2H3. The third-order valence-electron chi connectivity index (χ3n) is 1.76. The fourth-order valence-electron chi connectivity index (χ4n) is 1.06. The average Bonchev–Trinajstić information content (AvgIpc) is 2.15. The molecule has 0 aliphatic heterocycles. The van der Waals surface area contributed by atoms with Gasteiger partial charge < -0.3 is 10.4 Å². The lowest BCUT2D eigenvalue weighted by Crippen LogP contribution is -2.24. The fraction of sp³-hybridized carbons (Fsp3) is 0.455. The van der Waals surface area contributed by atoms with Gasteiger partial charge in [-0.2, -0.15) is 0 Å². The smallest absolute Gasteiger partial charge is 0.115 e. The van der Waals surface area contributed by atoms with Gasteiger partial charge in [-0.25, -0.2) is 0 Å². The van der Waals surface area contributed by atoms with Crippen molar-refractivity contribution < 1.29 is 5.11 Å². The minimum atomic E-state index is 0.328. The zero-order chi connectivity index (χ0) is 10.4. The highest BCUT2D eigenvalue weighted by Crippen LogP contribution is 2.19. The second-order valence-electron chi connectivity index (χ2n) is 3.45. The van der Waals surface area contributed by atoms with Crippen LogP contribution >= 0.6 is 11.8 Å². The predicted molar refractivity (Wildman–Crippen MR) is 62.0 cm³/mol. The number of phenols is 1. The molecule has 0 saturated heterocycles. The molecule has 0 aliphatic rings. The number of benzene rings is 1. The number of rotatable bonds is 5. The molecule has 3 heteroatoms. The number of aromatic hydroxyl groups is 1. The van der Waals surface area contributed by atoms with Crippen LogP contribution in [0.1, 0.15) is 13.8 Å². The van der Waals surface area contributed by atoms with Crippen LogP contribution in [0.2, 0.25) is 0 Å². The van der Waals surface area contributed by atoms with Crippen molar-refractivity contribution in [2.45, 2.75) is 24.8 Å². The van der Waals surface area contributed by atoms with Crippen molar-refractivity contribution in [1.82, 2.24) is 5.32 Å². The molecular weight excluding hydrogens is 194 g/mol. The molecule has 1 rings (SSSR count). The van der Waals surface area contributed by atoms with Gasteiger partial charge in [-0.15, -0.1) is 11.8 Å². The lowest BCUT2D eigenvalue weighted by Gasteiger charge is -2.07. The van der Waals surface area contributed by atoms with Crippen LogP contribution in [0.4, 0.5) is 0 Å². The Morgan fingerprint density at radius 3 is 2.50 bits per heavy atom. The first-order valence-electron chi connectivity index (χ1n) is 4.83. The third kappa shape index (κ3) is 4.53. The van der Waals surface area contributed by atoms with E-state index in [1.54, 1.807) is 23.9 Å². The normalized spacial score (nSPS) is 10.8. The summed E-state index contributed by atoms with van der Waals surface area (Å²) in [7, 11) is 0. The van der Waals surface area contributed by atoms with Gasteiger partial charge in [0.15, 0.2) is 0 Å². The molecule has 1 aromatic rings.